The van der Waals surface area contributed by atoms with Crippen molar-refractivity contribution in [3.63, 3.8) is 0 Å². The van der Waals surface area contributed by atoms with Crippen molar-refractivity contribution in [1.82, 2.24) is 20.0 Å². The Hall–Kier alpha value is -2.98. The number of fused-ring (bicyclic) bond motifs is 1. The van der Waals surface area contributed by atoms with Crippen LogP contribution in [-0.4, -0.2) is 116 Å². The molecule has 0 bridgehead atoms. The van der Waals surface area contributed by atoms with E-state index in [-0.39, 0.29) is 42.0 Å². The molecule has 3 amide bonds. The number of Topliss-reactive ketones (excluding diaryl/α,β-unsaturated/α-hetero) is 1. The van der Waals surface area contributed by atoms with E-state index in [2.05, 4.69) is 36.0 Å². The summed E-state index contributed by atoms with van der Waals surface area (Å²) >= 11 is 0. The molecule has 1 N–H and O–H groups in total. The molecule has 0 spiro atoms. The van der Waals surface area contributed by atoms with Crippen LogP contribution in [0.1, 0.15) is 63.7 Å². The molecule has 1 aromatic carbocycles. The number of likely N-dealkylation sites (N-methyl/N-ethyl adjacent to an activating group) is 1. The van der Waals surface area contributed by atoms with Gasteiger partial charge in [-0.15, -0.1) is 0 Å². The maximum Gasteiger partial charge on any atom is 0.252 e. The van der Waals surface area contributed by atoms with Crippen molar-refractivity contribution in [3.05, 3.63) is 29.8 Å². The van der Waals surface area contributed by atoms with Gasteiger partial charge in [0.2, 0.25) is 5.91 Å². The van der Waals surface area contributed by atoms with Crippen molar-refractivity contribution in [3.8, 4) is 0 Å². The monoisotopic (exact) mass is 583 g/mol. The highest BCUT2D eigenvalue weighted by molar-refractivity contribution is 6.01. The highest BCUT2D eigenvalue weighted by Crippen LogP contribution is 2.32. The minimum atomic E-state index is -0.760. The van der Waals surface area contributed by atoms with E-state index >= 15 is 0 Å². The molecule has 232 valence electrons. The lowest BCUT2D eigenvalue weighted by Crippen LogP contribution is -2.53. The highest BCUT2D eigenvalue weighted by Gasteiger charge is 2.53. The van der Waals surface area contributed by atoms with Gasteiger partial charge >= 0.3 is 0 Å². The van der Waals surface area contributed by atoms with Gasteiger partial charge < -0.3 is 29.7 Å². The average molecular weight is 584 g/mol. The molecule has 0 saturated carbocycles. The number of nitrogens with zero attached hydrogens (tertiary/aromatic N) is 4. The summed E-state index contributed by atoms with van der Waals surface area (Å²) in [6.07, 6.45) is 1.83. The smallest absolute Gasteiger partial charge is 0.252 e. The molecule has 10 nitrogen and oxygen atoms in total. The van der Waals surface area contributed by atoms with Crippen molar-refractivity contribution >= 4 is 29.2 Å². The third-order valence-electron chi connectivity index (χ3n) is 8.86. The first-order chi connectivity index (χ1) is 20.0. The second kappa shape index (κ2) is 14.0. The van der Waals surface area contributed by atoms with Crippen LogP contribution in [0, 0.1) is 11.8 Å². The van der Waals surface area contributed by atoms with E-state index in [1.165, 1.54) is 7.11 Å². The second-order valence-corrected chi connectivity index (χ2v) is 13.0. The van der Waals surface area contributed by atoms with Crippen LogP contribution >= 0.6 is 0 Å². The number of ether oxygens (including phenoxy) is 1. The molecule has 3 fully saturated rings. The van der Waals surface area contributed by atoms with Crippen molar-refractivity contribution in [2.45, 2.75) is 77.6 Å². The molecular weight excluding hydrogens is 534 g/mol. The maximum atomic E-state index is 13.9. The fraction of sp³-hybridized carbons (Fsp3) is 0.688. The van der Waals surface area contributed by atoms with Crippen molar-refractivity contribution < 1.29 is 23.9 Å². The van der Waals surface area contributed by atoms with E-state index in [1.807, 2.05) is 26.0 Å². The van der Waals surface area contributed by atoms with Crippen LogP contribution in [-0.2, 0) is 19.1 Å². The molecule has 0 radical (unpaired) electrons. The number of anilines is 1. The Morgan fingerprint density at radius 3 is 2.17 bits per heavy atom. The fourth-order valence-corrected chi connectivity index (χ4v) is 6.39. The molecule has 42 heavy (non-hydrogen) atoms. The summed E-state index contributed by atoms with van der Waals surface area (Å²) in [6, 6.07) is 5.73. The molecule has 0 aromatic heterocycles. The second-order valence-electron chi connectivity index (χ2n) is 13.0. The molecule has 1 aromatic rings. The number of amides is 3. The molecule has 3 heterocycles. The van der Waals surface area contributed by atoms with E-state index in [9.17, 15) is 19.2 Å². The zero-order valence-electron chi connectivity index (χ0n) is 26.2. The lowest BCUT2D eigenvalue weighted by Gasteiger charge is -2.34. The maximum absolute atomic E-state index is 13.9. The summed E-state index contributed by atoms with van der Waals surface area (Å²) in [4.78, 5) is 61.6. The number of methoxy groups -OCH3 is 1. The third kappa shape index (κ3) is 7.32. The van der Waals surface area contributed by atoms with Crippen LogP contribution in [0.4, 0.5) is 5.69 Å². The van der Waals surface area contributed by atoms with Crippen molar-refractivity contribution in [2.24, 2.45) is 11.8 Å². The van der Waals surface area contributed by atoms with Crippen LogP contribution in [0.2, 0.25) is 0 Å². The molecular formula is C32H49N5O5. The molecule has 3 aliphatic heterocycles. The van der Waals surface area contributed by atoms with Crippen LogP contribution in [0.3, 0.4) is 0 Å². The average Bonchev–Trinajstić information content (AvgIpc) is 3.54. The molecule has 3 aliphatic rings. The molecule has 0 aliphatic carbocycles. The van der Waals surface area contributed by atoms with E-state index in [1.54, 1.807) is 21.9 Å². The summed E-state index contributed by atoms with van der Waals surface area (Å²) in [7, 11) is 3.65. The van der Waals surface area contributed by atoms with Gasteiger partial charge in [-0.25, -0.2) is 0 Å². The third-order valence-corrected chi connectivity index (χ3v) is 8.86. The Morgan fingerprint density at radius 2 is 1.57 bits per heavy atom. The zero-order chi connectivity index (χ0) is 30.6. The molecule has 10 heteroatoms. The topological polar surface area (TPSA) is 102 Å². The van der Waals surface area contributed by atoms with Crippen LogP contribution in [0.15, 0.2) is 24.3 Å². The van der Waals surface area contributed by atoms with Gasteiger partial charge in [0, 0.05) is 51.1 Å². The number of hydrogen-bond acceptors (Lipinski definition) is 7. The first-order valence-electron chi connectivity index (χ1n) is 15.5. The van der Waals surface area contributed by atoms with E-state index < -0.39 is 18.2 Å². The quantitative estimate of drug-likeness (QED) is 0.427. The predicted molar refractivity (Wildman–Crippen MR) is 162 cm³/mol. The molecule has 4 unspecified atom stereocenters. The van der Waals surface area contributed by atoms with Crippen LogP contribution in [0.5, 0.6) is 0 Å². The van der Waals surface area contributed by atoms with Crippen molar-refractivity contribution in [1.29, 1.82) is 0 Å². The zero-order valence-corrected chi connectivity index (χ0v) is 26.2. The number of benzene rings is 1. The number of carbonyl (C=O) groups excluding carboxylic acids is 4. The number of hydrogen-bond donors (Lipinski definition) is 1. The SMILES string of the molecule is COC(CCC(C)C)C(=O)N1CC(=O)C2C1CCN2C(=O)C(CC(C)C)NC(=O)c1ccc(N2CCN(C)CC2)cc1. The Morgan fingerprint density at radius 1 is 0.905 bits per heavy atom. The summed E-state index contributed by atoms with van der Waals surface area (Å²) in [5, 5.41) is 2.97. The number of rotatable bonds is 11. The van der Waals surface area contributed by atoms with Crippen molar-refractivity contribution in [2.75, 3.05) is 58.3 Å². The normalized spacial score (nSPS) is 22.6. The number of ketones is 1. The highest BCUT2D eigenvalue weighted by atomic mass is 16.5. The van der Waals surface area contributed by atoms with Gasteiger partial charge in [0.15, 0.2) is 5.78 Å². The van der Waals surface area contributed by atoms with Gasteiger partial charge in [-0.3, -0.25) is 19.2 Å². The van der Waals surface area contributed by atoms with Gasteiger partial charge in [0.25, 0.3) is 11.8 Å². The molecule has 4 atom stereocenters. The Balaban J connectivity index is 1.43. The van der Waals surface area contributed by atoms with Crippen LogP contribution in [0.25, 0.3) is 0 Å². The minimum absolute atomic E-state index is 0.0135. The summed E-state index contributed by atoms with van der Waals surface area (Å²) in [5.41, 5.74) is 1.57. The van der Waals surface area contributed by atoms with E-state index in [0.717, 1.165) is 38.3 Å². The number of piperazine rings is 1. The number of carbonyl (C=O) groups is 4. The Bertz CT molecular complexity index is 1110. The van der Waals surface area contributed by atoms with Gasteiger partial charge in [-0.1, -0.05) is 27.7 Å². The van der Waals surface area contributed by atoms with Gasteiger partial charge in [0.05, 0.1) is 12.6 Å². The largest absolute Gasteiger partial charge is 0.372 e. The summed E-state index contributed by atoms with van der Waals surface area (Å²) < 4.78 is 5.51. The lowest BCUT2D eigenvalue weighted by atomic mass is 10.0. The Kier molecular flexibility index (Phi) is 10.6. The lowest BCUT2D eigenvalue weighted by molar-refractivity contribution is -0.144. The first-order valence-corrected chi connectivity index (χ1v) is 15.5. The Labute approximate surface area is 250 Å². The number of nitrogens with one attached hydrogen (secondary N) is 1. The van der Waals surface area contributed by atoms with Gasteiger partial charge in [-0.05, 0) is 68.8 Å². The van der Waals surface area contributed by atoms with Crippen LogP contribution < -0.4 is 10.2 Å². The summed E-state index contributed by atoms with van der Waals surface area (Å²) in [5.74, 6) is -0.293. The molecule has 3 saturated heterocycles. The fourth-order valence-electron chi connectivity index (χ4n) is 6.39. The number of likely N-dealkylation sites (tertiary alicyclic amines) is 2. The molecule has 4 rings (SSSR count). The minimum Gasteiger partial charge on any atom is -0.372 e. The standard InChI is InChI=1S/C32H49N5O5/c1-21(2)7-12-28(42-6)32(41)37-20-27(38)29-26(37)13-14-36(29)31(40)25(19-22(3)4)33-30(39)23-8-10-24(11-9-23)35-17-15-34(5)16-18-35/h8-11,21-22,25-26,28-29H,7,12-20H2,1-6H3,(H,33,39). The van der Waals surface area contributed by atoms with Gasteiger partial charge in [0.1, 0.15) is 18.2 Å². The first kappa shape index (κ1) is 31.9. The summed E-state index contributed by atoms with van der Waals surface area (Å²) in [6.45, 7) is 12.5. The predicted octanol–water partition coefficient (Wildman–Crippen LogP) is 2.41. The van der Waals surface area contributed by atoms with E-state index in [0.29, 0.717) is 37.3 Å². The van der Waals surface area contributed by atoms with Gasteiger partial charge in [-0.2, -0.15) is 0 Å². The van der Waals surface area contributed by atoms with E-state index in [4.69, 9.17) is 4.74 Å².